The first kappa shape index (κ1) is 30.8. The molecule has 36 heavy (non-hydrogen) atoms. The maximum absolute atomic E-state index is 10.6. The van der Waals surface area contributed by atoms with Crippen molar-refractivity contribution in [3.63, 3.8) is 0 Å². The summed E-state index contributed by atoms with van der Waals surface area (Å²) in [5, 5.41) is 14.2. The van der Waals surface area contributed by atoms with Crippen molar-refractivity contribution in [1.29, 1.82) is 0 Å². The fourth-order valence-corrected chi connectivity index (χ4v) is 2.83. The van der Waals surface area contributed by atoms with Gasteiger partial charge in [-0.05, 0) is 38.0 Å². The Hall–Kier alpha value is -3.20. The van der Waals surface area contributed by atoms with Gasteiger partial charge in [0.05, 0.1) is 30.4 Å². The van der Waals surface area contributed by atoms with E-state index in [4.69, 9.17) is 24.5 Å². The Morgan fingerprint density at radius 3 is 2.03 bits per heavy atom. The van der Waals surface area contributed by atoms with Crippen LogP contribution in [-0.4, -0.2) is 66.6 Å². The van der Waals surface area contributed by atoms with E-state index in [0.717, 1.165) is 38.3 Å². The van der Waals surface area contributed by atoms with Gasteiger partial charge in [0.15, 0.2) is 0 Å². The molecule has 0 amide bonds. The van der Waals surface area contributed by atoms with Crippen molar-refractivity contribution in [3.05, 3.63) is 47.8 Å². The summed E-state index contributed by atoms with van der Waals surface area (Å²) in [7, 11) is 0. The van der Waals surface area contributed by atoms with Crippen LogP contribution in [0.5, 0.6) is 0 Å². The van der Waals surface area contributed by atoms with Gasteiger partial charge in [0.25, 0.3) is 0 Å². The van der Waals surface area contributed by atoms with Crippen LogP contribution in [-0.2, 0) is 40.6 Å². The summed E-state index contributed by atoms with van der Waals surface area (Å²) in [6, 6.07) is 4.18. The maximum atomic E-state index is 10.6. The summed E-state index contributed by atoms with van der Waals surface area (Å²) in [5.74, 6) is -5.51. The number of ether oxygens (including phenoxy) is 1. The van der Waals surface area contributed by atoms with E-state index in [1.54, 1.807) is 0 Å². The average Bonchev–Trinajstić information content (AvgIpc) is 3.02. The number of carboxylic acid groups (broad SMARTS) is 2. The van der Waals surface area contributed by atoms with Crippen molar-refractivity contribution >= 4 is 11.9 Å². The van der Waals surface area contributed by atoms with Crippen LogP contribution in [0.2, 0.25) is 0 Å². The van der Waals surface area contributed by atoms with Crippen molar-refractivity contribution in [1.82, 2.24) is 19.4 Å². The number of nitrogens with zero attached hydrogens (tertiary/aromatic N) is 4. The molecule has 2 aromatic rings. The number of hydrogen-bond donors (Lipinski definition) is 2. The Morgan fingerprint density at radius 2 is 1.56 bits per heavy atom. The van der Waals surface area contributed by atoms with Crippen LogP contribution in [0.25, 0.3) is 0 Å². The van der Waals surface area contributed by atoms with Crippen molar-refractivity contribution in [2.24, 2.45) is 0 Å². The first-order chi connectivity index (χ1) is 16.6. The minimum Gasteiger partial charge on any atom is -0.475 e. The Kier molecular flexibility index (Phi) is 11.8. The highest BCUT2D eigenvalue weighted by atomic mass is 19.4. The number of carbonyl (C=O) groups is 2. The molecule has 3 heterocycles. The van der Waals surface area contributed by atoms with E-state index in [1.165, 1.54) is 11.3 Å². The molecular formula is C21H26F6N4O5. The van der Waals surface area contributed by atoms with Crippen LogP contribution >= 0.6 is 0 Å². The molecule has 0 saturated carbocycles. The van der Waals surface area contributed by atoms with Gasteiger partial charge >= 0.3 is 24.3 Å². The molecular weight excluding hydrogens is 502 g/mol. The van der Waals surface area contributed by atoms with Crippen LogP contribution in [0, 0.1) is 0 Å². The number of hydrogen-bond acceptors (Lipinski definition) is 6. The van der Waals surface area contributed by atoms with E-state index in [-0.39, 0.29) is 6.10 Å². The molecule has 9 nitrogen and oxygen atoms in total. The van der Waals surface area contributed by atoms with Gasteiger partial charge in [-0.1, -0.05) is 0 Å². The number of halogens is 6. The quantitative estimate of drug-likeness (QED) is 0.562. The van der Waals surface area contributed by atoms with Crippen LogP contribution in [0.15, 0.2) is 30.9 Å². The molecule has 0 aromatic carbocycles. The lowest BCUT2D eigenvalue weighted by Crippen LogP contribution is -2.23. The summed E-state index contributed by atoms with van der Waals surface area (Å²) in [6.45, 7) is 8.75. The molecule has 15 heteroatoms. The number of aryl methyl sites for hydroxylation is 1. The number of imidazole rings is 1. The van der Waals surface area contributed by atoms with Gasteiger partial charge < -0.3 is 19.5 Å². The van der Waals surface area contributed by atoms with E-state index in [1.807, 2.05) is 18.7 Å². The van der Waals surface area contributed by atoms with Gasteiger partial charge in [-0.25, -0.2) is 14.6 Å². The number of pyridine rings is 1. The zero-order valence-electron chi connectivity index (χ0n) is 19.4. The molecule has 1 aliphatic rings. The fraction of sp³-hybridized carbons (Fsp3) is 0.524. The number of fused-ring (bicyclic) bond motifs is 1. The number of carboxylic acids is 2. The number of rotatable bonds is 5. The molecule has 0 spiro atoms. The average molecular weight is 528 g/mol. The lowest BCUT2D eigenvalue weighted by Gasteiger charge is -2.20. The summed E-state index contributed by atoms with van der Waals surface area (Å²) < 4.78 is 71.5. The van der Waals surface area contributed by atoms with E-state index in [0.29, 0.717) is 6.61 Å². The van der Waals surface area contributed by atoms with E-state index in [2.05, 4.69) is 45.4 Å². The third-order valence-electron chi connectivity index (χ3n) is 4.47. The van der Waals surface area contributed by atoms with E-state index >= 15 is 0 Å². The maximum Gasteiger partial charge on any atom is 0.490 e. The summed E-state index contributed by atoms with van der Waals surface area (Å²) in [5.41, 5.74) is 3.69. The first-order valence-electron chi connectivity index (χ1n) is 10.5. The third-order valence-corrected chi connectivity index (χ3v) is 4.47. The Labute approximate surface area is 202 Å². The lowest BCUT2D eigenvalue weighted by molar-refractivity contribution is -0.193. The third kappa shape index (κ3) is 11.5. The van der Waals surface area contributed by atoms with Gasteiger partial charge in [0, 0.05) is 38.6 Å². The lowest BCUT2D eigenvalue weighted by atomic mass is 10.2. The molecule has 3 rings (SSSR count). The van der Waals surface area contributed by atoms with Gasteiger partial charge in [0.1, 0.15) is 0 Å². The van der Waals surface area contributed by atoms with Crippen LogP contribution in [0.3, 0.4) is 0 Å². The summed E-state index contributed by atoms with van der Waals surface area (Å²) in [4.78, 5) is 28.9. The molecule has 202 valence electrons. The molecule has 0 saturated heterocycles. The largest absolute Gasteiger partial charge is 0.490 e. The topological polar surface area (TPSA) is 118 Å². The van der Waals surface area contributed by atoms with Gasteiger partial charge in [0.2, 0.25) is 0 Å². The second-order valence-corrected chi connectivity index (χ2v) is 7.72. The first-order valence-corrected chi connectivity index (χ1v) is 10.5. The molecule has 1 aliphatic heterocycles. The standard InChI is InChI=1S/C17H24N4O.2C2HF3O2/c1-14(2)22-12-16-17-11-20(8-3-9-21(17)13-19-16)10-15-4-6-18-7-5-15;2*3-2(4,5)1(6)7/h4-7,13-14H,3,8-12H2,1-2H3;2*(H,6,7). The smallest absolute Gasteiger partial charge is 0.475 e. The van der Waals surface area contributed by atoms with Gasteiger partial charge in [-0.3, -0.25) is 9.88 Å². The van der Waals surface area contributed by atoms with Gasteiger partial charge in [-0.15, -0.1) is 0 Å². The van der Waals surface area contributed by atoms with Crippen molar-refractivity contribution in [2.75, 3.05) is 6.54 Å². The predicted octanol–water partition coefficient (Wildman–Crippen LogP) is 3.88. The number of aromatic nitrogens is 3. The number of aliphatic carboxylic acids is 2. The highest BCUT2D eigenvalue weighted by molar-refractivity contribution is 5.73. The second-order valence-electron chi connectivity index (χ2n) is 7.72. The molecule has 0 radical (unpaired) electrons. The fourth-order valence-electron chi connectivity index (χ4n) is 2.83. The molecule has 0 aliphatic carbocycles. The minimum absolute atomic E-state index is 0.232. The van der Waals surface area contributed by atoms with Crippen molar-refractivity contribution in [2.45, 2.75) is 65.0 Å². The van der Waals surface area contributed by atoms with Crippen LogP contribution in [0.4, 0.5) is 26.3 Å². The number of alkyl halides is 6. The van der Waals surface area contributed by atoms with Crippen molar-refractivity contribution < 1.29 is 50.9 Å². The zero-order valence-corrected chi connectivity index (χ0v) is 19.4. The Bertz CT molecular complexity index is 940. The second kappa shape index (κ2) is 13.8. The molecule has 0 unspecified atom stereocenters. The Balaban J connectivity index is 0.000000383. The highest BCUT2D eigenvalue weighted by Crippen LogP contribution is 2.19. The van der Waals surface area contributed by atoms with Gasteiger partial charge in [-0.2, -0.15) is 26.3 Å². The molecule has 0 bridgehead atoms. The summed E-state index contributed by atoms with van der Waals surface area (Å²) >= 11 is 0. The highest BCUT2D eigenvalue weighted by Gasteiger charge is 2.38. The molecule has 2 aromatic heterocycles. The predicted molar refractivity (Wildman–Crippen MR) is 113 cm³/mol. The monoisotopic (exact) mass is 528 g/mol. The van der Waals surface area contributed by atoms with Crippen LogP contribution < -0.4 is 0 Å². The normalized spacial score (nSPS) is 14.0. The van der Waals surface area contributed by atoms with Crippen LogP contribution in [0.1, 0.15) is 37.2 Å². The van der Waals surface area contributed by atoms with Crippen molar-refractivity contribution in [3.8, 4) is 0 Å². The molecule has 0 fully saturated rings. The molecule has 2 N–H and O–H groups in total. The minimum atomic E-state index is -5.08. The SMILES string of the molecule is CC(C)OCc1ncn2c1CN(Cc1ccncc1)CCC2.O=C(O)C(F)(F)F.O=C(O)C(F)(F)F. The Morgan fingerprint density at radius 1 is 1.03 bits per heavy atom. The van der Waals surface area contributed by atoms with E-state index in [9.17, 15) is 26.3 Å². The molecule has 0 atom stereocenters. The summed E-state index contributed by atoms with van der Waals surface area (Å²) in [6.07, 6.45) is -3.10. The zero-order chi connectivity index (χ0) is 27.5. The van der Waals surface area contributed by atoms with E-state index < -0.39 is 24.3 Å².